The van der Waals surface area contributed by atoms with Crippen LogP contribution in [0.2, 0.25) is 0 Å². The number of ether oxygens (including phenoxy) is 3. The number of phenolic OH excluding ortho intramolecular Hbond substituents is 4. The molecule has 0 amide bonds. The number of benzene rings is 4. The number of esters is 1. The van der Waals surface area contributed by atoms with Gasteiger partial charge in [0.05, 0.1) is 13.2 Å². The third-order valence-corrected chi connectivity index (χ3v) is 10.9. The molecule has 1 fully saturated rings. The van der Waals surface area contributed by atoms with Gasteiger partial charge in [0.1, 0.15) is 29.6 Å². The van der Waals surface area contributed by atoms with E-state index in [0.29, 0.717) is 49.1 Å². The molecule has 5 rings (SSSR count). The Morgan fingerprint density at radius 3 is 1.58 bits per heavy atom. The minimum absolute atomic E-state index is 0.113. The van der Waals surface area contributed by atoms with Crippen LogP contribution in [0.5, 0.6) is 23.0 Å². The van der Waals surface area contributed by atoms with Gasteiger partial charge in [-0.15, -0.1) is 0 Å². The molecule has 0 aromatic heterocycles. The first-order chi connectivity index (χ1) is 25.8. The fourth-order valence-corrected chi connectivity index (χ4v) is 7.44. The fraction of sp³-hybridized carbons (Fsp3) is 0.468. The lowest BCUT2D eigenvalue weighted by Crippen LogP contribution is -2.41. The lowest BCUT2D eigenvalue weighted by atomic mass is 9.77. The van der Waals surface area contributed by atoms with Crippen LogP contribution in [0, 0.1) is 60.8 Å². The molecule has 1 atom stereocenters. The molecular weight excluding hydrogens is 693 g/mol. The number of carbonyl (C=O) groups is 1. The molecule has 0 spiro atoms. The monoisotopic (exact) mass is 754 g/mol. The molecule has 1 unspecified atom stereocenters. The summed E-state index contributed by atoms with van der Waals surface area (Å²) in [6.45, 7) is 23.5. The highest BCUT2D eigenvalue weighted by atomic mass is 16.7. The third kappa shape index (κ3) is 11.0. The van der Waals surface area contributed by atoms with Gasteiger partial charge in [0.2, 0.25) is 0 Å². The van der Waals surface area contributed by atoms with E-state index in [1.807, 2.05) is 99.6 Å². The van der Waals surface area contributed by atoms with Crippen LogP contribution in [0.3, 0.4) is 0 Å². The van der Waals surface area contributed by atoms with Crippen molar-refractivity contribution in [1.82, 2.24) is 0 Å². The first kappa shape index (κ1) is 43.2. The molecule has 298 valence electrons. The van der Waals surface area contributed by atoms with Crippen LogP contribution in [0.25, 0.3) is 0 Å². The van der Waals surface area contributed by atoms with Crippen LogP contribution in [0.1, 0.15) is 119 Å². The number of hydrogen-bond donors (Lipinski definition) is 4. The summed E-state index contributed by atoms with van der Waals surface area (Å²) in [6, 6.07) is 15.6. The van der Waals surface area contributed by atoms with Crippen molar-refractivity contribution in [2.75, 3.05) is 19.8 Å². The van der Waals surface area contributed by atoms with Gasteiger partial charge in [-0.2, -0.15) is 0 Å². The maximum Gasteiger partial charge on any atom is 0.306 e. The first-order valence-electron chi connectivity index (χ1n) is 19.4. The van der Waals surface area contributed by atoms with Gasteiger partial charge in [0.25, 0.3) is 0 Å². The first-order valence-corrected chi connectivity index (χ1v) is 19.4. The number of rotatable bonds is 11. The number of phenols is 4. The summed E-state index contributed by atoms with van der Waals surface area (Å²) >= 11 is 0. The molecule has 8 nitrogen and oxygen atoms in total. The Bertz CT molecular complexity index is 1890. The van der Waals surface area contributed by atoms with Crippen LogP contribution in [0.4, 0.5) is 0 Å². The molecule has 0 radical (unpaired) electrons. The molecule has 8 heteroatoms. The average Bonchev–Trinajstić information content (AvgIpc) is 3.13. The Kier molecular flexibility index (Phi) is 14.5. The Labute approximate surface area is 328 Å². The largest absolute Gasteiger partial charge is 0.508 e. The topological polar surface area (TPSA) is 126 Å². The van der Waals surface area contributed by atoms with Crippen molar-refractivity contribution in [2.45, 2.75) is 120 Å². The van der Waals surface area contributed by atoms with Crippen LogP contribution >= 0.6 is 0 Å². The highest BCUT2D eigenvalue weighted by Crippen LogP contribution is 2.42. The number of hydrogen-bond acceptors (Lipinski definition) is 8. The smallest absolute Gasteiger partial charge is 0.306 e. The van der Waals surface area contributed by atoms with E-state index < -0.39 is 0 Å². The SMILES string of the molecule is Cc1cc(C(C)CC(c2cc(C)c(O)cc2C)c2cc(C)c(O)cc2C)c(C)cc1O.Cc1cc(CCC(=O)OCC(C)(C)C2OCCCO2)cc(C)c1O. The van der Waals surface area contributed by atoms with E-state index in [4.69, 9.17) is 14.2 Å². The van der Waals surface area contributed by atoms with Crippen molar-refractivity contribution >= 4 is 5.97 Å². The lowest BCUT2D eigenvalue weighted by molar-refractivity contribution is -0.237. The second kappa shape index (κ2) is 18.4. The standard InChI is InChI=1S/C28H34O3.C19H28O5/c1-15(22-9-19(5)26(29)12-16(22)2)8-25(23-10-20(6)27(30)13-17(23)3)24-11-21(7)28(31)14-18(24)4;1-13-10-15(11-14(2)17(13)21)6-7-16(20)24-12-19(3,4)18-22-8-5-9-23-18/h9-15,25,29-31H,8H2,1-7H3;10-11,18,21H,5-9,12H2,1-4H3. The van der Waals surface area contributed by atoms with E-state index in [-0.39, 0.29) is 36.1 Å². The van der Waals surface area contributed by atoms with E-state index in [1.54, 1.807) is 0 Å². The van der Waals surface area contributed by atoms with Gasteiger partial charge < -0.3 is 34.6 Å². The van der Waals surface area contributed by atoms with E-state index in [1.165, 1.54) is 16.7 Å². The van der Waals surface area contributed by atoms with Crippen molar-refractivity contribution in [3.63, 3.8) is 0 Å². The summed E-state index contributed by atoms with van der Waals surface area (Å²) in [5.74, 6) is 1.42. The molecule has 4 aromatic carbocycles. The predicted molar refractivity (Wildman–Crippen MR) is 219 cm³/mol. The van der Waals surface area contributed by atoms with Gasteiger partial charge in [-0.05, 0) is 166 Å². The maximum absolute atomic E-state index is 12.0. The van der Waals surface area contributed by atoms with Gasteiger partial charge in [0, 0.05) is 17.8 Å². The molecule has 4 N–H and O–H groups in total. The van der Waals surface area contributed by atoms with E-state index in [2.05, 4.69) is 25.1 Å². The number of aryl methyl sites for hydroxylation is 9. The second-order valence-corrected chi connectivity index (χ2v) is 16.3. The molecule has 4 aromatic rings. The van der Waals surface area contributed by atoms with Crippen molar-refractivity contribution in [2.24, 2.45) is 5.41 Å². The van der Waals surface area contributed by atoms with Crippen molar-refractivity contribution < 1.29 is 39.4 Å². The van der Waals surface area contributed by atoms with Crippen LogP contribution < -0.4 is 0 Å². The van der Waals surface area contributed by atoms with Crippen molar-refractivity contribution in [1.29, 1.82) is 0 Å². The van der Waals surface area contributed by atoms with E-state index >= 15 is 0 Å². The zero-order valence-corrected chi connectivity index (χ0v) is 34.7. The minimum atomic E-state index is -0.373. The molecule has 55 heavy (non-hydrogen) atoms. The van der Waals surface area contributed by atoms with Crippen LogP contribution in [-0.4, -0.2) is 52.5 Å². The summed E-state index contributed by atoms with van der Waals surface area (Å²) in [4.78, 5) is 12.0. The third-order valence-electron chi connectivity index (χ3n) is 10.9. The molecule has 1 aliphatic heterocycles. The summed E-state index contributed by atoms with van der Waals surface area (Å²) < 4.78 is 16.6. The second-order valence-electron chi connectivity index (χ2n) is 16.3. The summed E-state index contributed by atoms with van der Waals surface area (Å²) in [5, 5.41) is 40.3. The zero-order valence-electron chi connectivity index (χ0n) is 34.7. The highest BCUT2D eigenvalue weighted by Gasteiger charge is 2.34. The molecule has 0 saturated carbocycles. The molecule has 1 saturated heterocycles. The zero-order chi connectivity index (χ0) is 40.8. The summed E-state index contributed by atoms with van der Waals surface area (Å²) in [7, 11) is 0. The normalized spacial score (nSPS) is 14.0. The predicted octanol–water partition coefficient (Wildman–Crippen LogP) is 10.3. The quantitative estimate of drug-likeness (QED) is 0.112. The Hall–Kier alpha value is -4.53. The van der Waals surface area contributed by atoms with Crippen LogP contribution in [0.15, 0.2) is 48.5 Å². The van der Waals surface area contributed by atoms with Gasteiger partial charge in [-0.1, -0.05) is 51.1 Å². The molecular formula is C47H62O8. The van der Waals surface area contributed by atoms with Gasteiger partial charge >= 0.3 is 5.97 Å². The van der Waals surface area contributed by atoms with Crippen molar-refractivity contribution in [3.8, 4) is 23.0 Å². The Morgan fingerprint density at radius 2 is 1.11 bits per heavy atom. The van der Waals surface area contributed by atoms with Gasteiger partial charge in [-0.25, -0.2) is 0 Å². The number of carbonyl (C=O) groups excluding carboxylic acids is 1. The number of aromatic hydroxyl groups is 4. The fourth-order valence-electron chi connectivity index (χ4n) is 7.44. The molecule has 1 aliphatic rings. The molecule has 1 heterocycles. The molecule has 0 aliphatic carbocycles. The van der Waals surface area contributed by atoms with Crippen molar-refractivity contribution in [3.05, 3.63) is 115 Å². The average molecular weight is 755 g/mol. The highest BCUT2D eigenvalue weighted by molar-refractivity contribution is 5.69. The summed E-state index contributed by atoms with van der Waals surface area (Å²) in [6.07, 6.45) is 2.35. The van der Waals surface area contributed by atoms with Gasteiger partial charge in [0.15, 0.2) is 6.29 Å². The lowest BCUT2D eigenvalue weighted by Gasteiger charge is -2.35. The summed E-state index contributed by atoms with van der Waals surface area (Å²) in [5.41, 5.74) is 11.8. The Morgan fingerprint density at radius 1 is 0.673 bits per heavy atom. The van der Waals surface area contributed by atoms with E-state index in [9.17, 15) is 25.2 Å². The van der Waals surface area contributed by atoms with E-state index in [0.717, 1.165) is 62.9 Å². The molecule has 0 bridgehead atoms. The van der Waals surface area contributed by atoms with Gasteiger partial charge in [-0.3, -0.25) is 4.79 Å². The Balaban J connectivity index is 0.000000253. The maximum atomic E-state index is 12.0. The minimum Gasteiger partial charge on any atom is -0.508 e. The van der Waals surface area contributed by atoms with Crippen LogP contribution in [-0.2, 0) is 25.4 Å².